The largest absolute Gasteiger partial charge is 0.497 e. The summed E-state index contributed by atoms with van der Waals surface area (Å²) in [5, 5.41) is 5.49. The number of carbonyl (C=O) groups excluding carboxylic acids is 2. The number of anilines is 2. The summed E-state index contributed by atoms with van der Waals surface area (Å²) in [5.74, 6) is 1.35. The lowest BCUT2D eigenvalue weighted by Crippen LogP contribution is -2.19. The molecule has 8 nitrogen and oxygen atoms in total. The number of rotatable bonds is 8. The number of urea groups is 1. The summed E-state index contributed by atoms with van der Waals surface area (Å²) in [4.78, 5) is 24.3. The van der Waals surface area contributed by atoms with Crippen molar-refractivity contribution in [2.24, 2.45) is 0 Å². The Hall–Kier alpha value is -5.05. The number of halogens is 1. The molecule has 0 aliphatic rings. The van der Waals surface area contributed by atoms with Crippen LogP contribution in [0, 0.1) is 5.82 Å². The summed E-state index contributed by atoms with van der Waals surface area (Å²) in [5.41, 5.74) is 1.33. The molecule has 0 fully saturated rings. The van der Waals surface area contributed by atoms with E-state index in [4.69, 9.17) is 18.9 Å². The molecule has 0 bridgehead atoms. The molecule has 0 aromatic heterocycles. The Morgan fingerprint density at radius 3 is 1.68 bits per heavy atom. The van der Waals surface area contributed by atoms with Crippen LogP contribution in [-0.4, -0.2) is 26.2 Å². The highest BCUT2D eigenvalue weighted by molar-refractivity contribution is 6.00. The van der Waals surface area contributed by atoms with E-state index < -0.39 is 17.8 Å². The van der Waals surface area contributed by atoms with Gasteiger partial charge in [-0.3, -0.25) is 0 Å². The molecule has 0 spiro atoms. The SMILES string of the molecule is COC(=O)c1ccc(Oc2cc(NC(=O)Nc3ccc(OC)cc3)cc(Oc3ccc(F)cc3)c2)cc1. The van der Waals surface area contributed by atoms with Crippen LogP contribution < -0.4 is 24.8 Å². The predicted octanol–water partition coefficient (Wildman–Crippen LogP) is 6.85. The van der Waals surface area contributed by atoms with Crippen LogP contribution in [0.1, 0.15) is 10.4 Å². The van der Waals surface area contributed by atoms with Crippen LogP contribution in [0.3, 0.4) is 0 Å². The number of amides is 2. The third kappa shape index (κ3) is 6.98. The van der Waals surface area contributed by atoms with Crippen molar-refractivity contribution in [1.82, 2.24) is 0 Å². The first-order chi connectivity index (χ1) is 17.9. The van der Waals surface area contributed by atoms with Crippen molar-refractivity contribution in [2.45, 2.75) is 0 Å². The Labute approximate surface area is 212 Å². The molecule has 4 rings (SSSR count). The van der Waals surface area contributed by atoms with Crippen molar-refractivity contribution in [1.29, 1.82) is 0 Å². The summed E-state index contributed by atoms with van der Waals surface area (Å²) < 4.78 is 34.9. The summed E-state index contributed by atoms with van der Waals surface area (Å²) in [6, 6.07) is 23.1. The van der Waals surface area contributed by atoms with Crippen LogP contribution in [0.4, 0.5) is 20.6 Å². The fraction of sp³-hybridized carbons (Fsp3) is 0.0714. The van der Waals surface area contributed by atoms with E-state index in [9.17, 15) is 14.0 Å². The van der Waals surface area contributed by atoms with Crippen LogP contribution in [0.15, 0.2) is 91.0 Å². The number of methoxy groups -OCH3 is 2. The van der Waals surface area contributed by atoms with Gasteiger partial charge in [0.2, 0.25) is 0 Å². The van der Waals surface area contributed by atoms with Gasteiger partial charge in [0.25, 0.3) is 0 Å². The van der Waals surface area contributed by atoms with E-state index >= 15 is 0 Å². The van der Waals surface area contributed by atoms with Gasteiger partial charge in [-0.05, 0) is 72.8 Å². The summed E-state index contributed by atoms with van der Waals surface area (Å²) in [6.45, 7) is 0. The quantitative estimate of drug-likeness (QED) is 0.256. The lowest BCUT2D eigenvalue weighted by atomic mass is 10.2. The minimum absolute atomic E-state index is 0.343. The number of nitrogens with one attached hydrogen (secondary N) is 2. The highest BCUT2D eigenvalue weighted by atomic mass is 19.1. The number of ether oxygens (including phenoxy) is 4. The van der Waals surface area contributed by atoms with Gasteiger partial charge in [-0.2, -0.15) is 0 Å². The first kappa shape index (κ1) is 25.1. The van der Waals surface area contributed by atoms with Crippen molar-refractivity contribution in [2.75, 3.05) is 24.9 Å². The fourth-order valence-corrected chi connectivity index (χ4v) is 3.28. The zero-order chi connectivity index (χ0) is 26.2. The topological polar surface area (TPSA) is 95.1 Å². The molecule has 4 aromatic carbocycles. The number of hydrogen-bond acceptors (Lipinski definition) is 6. The maximum Gasteiger partial charge on any atom is 0.337 e. The van der Waals surface area contributed by atoms with Gasteiger partial charge in [-0.1, -0.05) is 0 Å². The van der Waals surface area contributed by atoms with Crippen molar-refractivity contribution < 1.29 is 32.9 Å². The lowest BCUT2D eigenvalue weighted by molar-refractivity contribution is 0.0600. The molecule has 0 saturated heterocycles. The molecule has 0 heterocycles. The highest BCUT2D eigenvalue weighted by Gasteiger charge is 2.11. The van der Waals surface area contributed by atoms with Gasteiger partial charge in [-0.25, -0.2) is 14.0 Å². The molecule has 188 valence electrons. The Morgan fingerprint density at radius 2 is 1.14 bits per heavy atom. The van der Waals surface area contributed by atoms with Crippen LogP contribution in [0.5, 0.6) is 28.7 Å². The zero-order valence-corrected chi connectivity index (χ0v) is 20.0. The molecule has 2 amide bonds. The van der Waals surface area contributed by atoms with Crippen molar-refractivity contribution in [3.63, 3.8) is 0 Å². The van der Waals surface area contributed by atoms with E-state index in [1.54, 1.807) is 73.8 Å². The zero-order valence-electron chi connectivity index (χ0n) is 20.0. The molecule has 2 N–H and O–H groups in total. The van der Waals surface area contributed by atoms with Crippen LogP contribution >= 0.6 is 0 Å². The minimum atomic E-state index is -0.488. The second-order valence-electron chi connectivity index (χ2n) is 7.67. The maximum absolute atomic E-state index is 13.3. The van der Waals surface area contributed by atoms with Gasteiger partial charge in [-0.15, -0.1) is 0 Å². The molecular weight excluding hydrogens is 479 g/mol. The Kier molecular flexibility index (Phi) is 7.85. The minimum Gasteiger partial charge on any atom is -0.497 e. The second kappa shape index (κ2) is 11.6. The van der Waals surface area contributed by atoms with E-state index in [1.807, 2.05) is 0 Å². The average molecular weight is 502 g/mol. The highest BCUT2D eigenvalue weighted by Crippen LogP contribution is 2.33. The molecule has 4 aromatic rings. The molecule has 0 aliphatic carbocycles. The van der Waals surface area contributed by atoms with Gasteiger partial charge in [0.1, 0.15) is 34.6 Å². The Balaban J connectivity index is 1.55. The van der Waals surface area contributed by atoms with E-state index in [-0.39, 0.29) is 0 Å². The van der Waals surface area contributed by atoms with Gasteiger partial charge >= 0.3 is 12.0 Å². The van der Waals surface area contributed by atoms with Gasteiger partial charge in [0.05, 0.1) is 19.8 Å². The molecule has 0 aliphatic heterocycles. The Bertz CT molecular complexity index is 1370. The van der Waals surface area contributed by atoms with Crippen LogP contribution in [0.25, 0.3) is 0 Å². The molecule has 0 atom stereocenters. The number of benzene rings is 4. The normalized spacial score (nSPS) is 10.2. The average Bonchev–Trinajstić information content (AvgIpc) is 2.90. The lowest BCUT2D eigenvalue weighted by Gasteiger charge is -2.14. The predicted molar refractivity (Wildman–Crippen MR) is 136 cm³/mol. The summed E-state index contributed by atoms with van der Waals surface area (Å²) in [6.07, 6.45) is 0. The third-order valence-corrected chi connectivity index (χ3v) is 5.05. The molecule has 0 unspecified atom stereocenters. The van der Waals surface area contributed by atoms with Gasteiger partial charge in [0.15, 0.2) is 0 Å². The smallest absolute Gasteiger partial charge is 0.337 e. The van der Waals surface area contributed by atoms with Crippen molar-refractivity contribution in [3.8, 4) is 28.7 Å². The number of hydrogen-bond donors (Lipinski definition) is 2. The molecule has 37 heavy (non-hydrogen) atoms. The van der Waals surface area contributed by atoms with E-state index in [1.165, 1.54) is 31.4 Å². The maximum atomic E-state index is 13.3. The molecule has 0 saturated carbocycles. The molecule has 0 radical (unpaired) electrons. The van der Waals surface area contributed by atoms with E-state index in [0.29, 0.717) is 45.7 Å². The third-order valence-electron chi connectivity index (χ3n) is 5.05. The number of carbonyl (C=O) groups is 2. The van der Waals surface area contributed by atoms with E-state index in [0.717, 1.165) is 0 Å². The fourth-order valence-electron chi connectivity index (χ4n) is 3.28. The van der Waals surface area contributed by atoms with Crippen LogP contribution in [-0.2, 0) is 4.74 Å². The summed E-state index contributed by atoms with van der Waals surface area (Å²) in [7, 11) is 2.86. The first-order valence-corrected chi connectivity index (χ1v) is 11.1. The van der Waals surface area contributed by atoms with Crippen molar-refractivity contribution in [3.05, 3.63) is 102 Å². The number of esters is 1. The molecular formula is C28H23FN2O6. The van der Waals surface area contributed by atoms with Gasteiger partial charge in [0, 0.05) is 29.6 Å². The van der Waals surface area contributed by atoms with Gasteiger partial charge < -0.3 is 29.6 Å². The molecule has 9 heteroatoms. The standard InChI is InChI=1S/C28H23FN2O6/c1-34-22-13-7-20(8-14-22)30-28(33)31-21-15-25(36-23-9-3-18(4-10-23)27(32)35-2)17-26(16-21)37-24-11-5-19(29)6-12-24/h3-17H,1-2H3,(H2,30,31,33). The van der Waals surface area contributed by atoms with Crippen molar-refractivity contribution >= 4 is 23.4 Å². The second-order valence-corrected chi connectivity index (χ2v) is 7.67. The first-order valence-electron chi connectivity index (χ1n) is 11.1. The summed E-state index contributed by atoms with van der Waals surface area (Å²) >= 11 is 0. The van der Waals surface area contributed by atoms with E-state index in [2.05, 4.69) is 10.6 Å². The Morgan fingerprint density at radius 1 is 0.622 bits per heavy atom. The van der Waals surface area contributed by atoms with Crippen LogP contribution in [0.2, 0.25) is 0 Å². The monoisotopic (exact) mass is 502 g/mol.